The van der Waals surface area contributed by atoms with Gasteiger partial charge in [-0.15, -0.1) is 0 Å². The van der Waals surface area contributed by atoms with E-state index in [2.05, 4.69) is 0 Å². The molecule has 0 aliphatic carbocycles. The molecule has 0 spiro atoms. The highest BCUT2D eigenvalue weighted by molar-refractivity contribution is 6.32. The van der Waals surface area contributed by atoms with Crippen LogP contribution in [-0.4, -0.2) is 29.0 Å². The van der Waals surface area contributed by atoms with Gasteiger partial charge in [0, 0.05) is 13.1 Å². The van der Waals surface area contributed by atoms with Gasteiger partial charge in [0.25, 0.3) is 5.91 Å². The van der Waals surface area contributed by atoms with Gasteiger partial charge in [-0.05, 0) is 36.6 Å². The maximum absolute atomic E-state index is 12.1. The second kappa shape index (κ2) is 5.77. The summed E-state index contributed by atoms with van der Waals surface area (Å²) in [5.41, 5.74) is 0.704. The lowest BCUT2D eigenvalue weighted by molar-refractivity contribution is -0.125. The summed E-state index contributed by atoms with van der Waals surface area (Å²) < 4.78 is 0. The molecule has 1 aromatic rings. The van der Waals surface area contributed by atoms with Crippen LogP contribution in [0.5, 0.6) is 5.75 Å². The summed E-state index contributed by atoms with van der Waals surface area (Å²) in [6.07, 6.45) is 3.46. The summed E-state index contributed by atoms with van der Waals surface area (Å²) >= 11 is 5.79. The predicted molar refractivity (Wildman–Crippen MR) is 72.5 cm³/mol. The van der Waals surface area contributed by atoms with E-state index in [-0.39, 0.29) is 22.3 Å². The van der Waals surface area contributed by atoms with E-state index in [1.807, 2.05) is 6.07 Å². The van der Waals surface area contributed by atoms with Gasteiger partial charge in [0.1, 0.15) is 17.4 Å². The molecule has 98 valence electrons. The van der Waals surface area contributed by atoms with Gasteiger partial charge in [0.15, 0.2) is 0 Å². The minimum atomic E-state index is -0.246. The van der Waals surface area contributed by atoms with Crippen LogP contribution in [0.15, 0.2) is 23.8 Å². The van der Waals surface area contributed by atoms with Crippen molar-refractivity contribution in [1.29, 1.82) is 5.26 Å². The number of aromatic hydroxyl groups is 1. The van der Waals surface area contributed by atoms with Crippen molar-refractivity contribution in [2.75, 3.05) is 13.1 Å². The van der Waals surface area contributed by atoms with Crippen LogP contribution in [0.1, 0.15) is 18.4 Å². The summed E-state index contributed by atoms with van der Waals surface area (Å²) in [7, 11) is 0. The molecule has 0 bridgehead atoms. The van der Waals surface area contributed by atoms with Crippen molar-refractivity contribution in [3.63, 3.8) is 0 Å². The molecule has 4 nitrogen and oxygen atoms in total. The lowest BCUT2D eigenvalue weighted by atomic mass is 10.1. The number of halogens is 1. The zero-order valence-corrected chi connectivity index (χ0v) is 11.0. The Morgan fingerprint density at radius 2 is 2.11 bits per heavy atom. The van der Waals surface area contributed by atoms with Gasteiger partial charge >= 0.3 is 0 Å². The van der Waals surface area contributed by atoms with Gasteiger partial charge in [0.05, 0.1) is 5.02 Å². The highest BCUT2D eigenvalue weighted by atomic mass is 35.5. The third kappa shape index (κ3) is 3.07. The van der Waals surface area contributed by atoms with Gasteiger partial charge in [-0.25, -0.2) is 0 Å². The average Bonchev–Trinajstić information content (AvgIpc) is 2.93. The van der Waals surface area contributed by atoms with Gasteiger partial charge in [-0.3, -0.25) is 4.79 Å². The normalized spacial score (nSPS) is 15.4. The average molecular weight is 277 g/mol. The van der Waals surface area contributed by atoms with Crippen molar-refractivity contribution in [3.05, 3.63) is 34.4 Å². The van der Waals surface area contributed by atoms with Crippen molar-refractivity contribution in [1.82, 2.24) is 4.90 Å². The largest absolute Gasteiger partial charge is 0.506 e. The Morgan fingerprint density at radius 1 is 1.42 bits per heavy atom. The Morgan fingerprint density at radius 3 is 2.68 bits per heavy atom. The molecule has 1 aromatic carbocycles. The number of likely N-dealkylation sites (tertiary alicyclic amines) is 1. The minimum absolute atomic E-state index is 0.0248. The number of amides is 1. The molecule has 1 heterocycles. The zero-order chi connectivity index (χ0) is 13.8. The van der Waals surface area contributed by atoms with Crippen LogP contribution in [-0.2, 0) is 4.79 Å². The third-order valence-electron chi connectivity index (χ3n) is 3.03. The van der Waals surface area contributed by atoms with E-state index >= 15 is 0 Å². The molecule has 5 heteroatoms. The minimum Gasteiger partial charge on any atom is -0.506 e. The molecular formula is C14H13ClN2O2. The van der Waals surface area contributed by atoms with Crippen molar-refractivity contribution >= 4 is 23.6 Å². The van der Waals surface area contributed by atoms with E-state index < -0.39 is 0 Å². The first kappa shape index (κ1) is 13.4. The monoisotopic (exact) mass is 276 g/mol. The number of phenols is 1. The maximum atomic E-state index is 12.1. The summed E-state index contributed by atoms with van der Waals surface area (Å²) in [5, 5.41) is 18.6. The van der Waals surface area contributed by atoms with Crippen LogP contribution in [0.25, 0.3) is 6.08 Å². The van der Waals surface area contributed by atoms with Crippen molar-refractivity contribution in [2.45, 2.75) is 12.8 Å². The van der Waals surface area contributed by atoms with E-state index in [0.717, 1.165) is 12.8 Å². The molecule has 1 amide bonds. The topological polar surface area (TPSA) is 64.3 Å². The molecule has 0 radical (unpaired) electrons. The fourth-order valence-electron chi connectivity index (χ4n) is 2.01. The molecule has 2 rings (SSSR count). The fraction of sp³-hybridized carbons (Fsp3) is 0.286. The van der Waals surface area contributed by atoms with E-state index in [9.17, 15) is 9.90 Å². The van der Waals surface area contributed by atoms with Crippen LogP contribution in [0, 0.1) is 11.3 Å². The molecule has 1 fully saturated rings. The fourth-order valence-corrected chi connectivity index (χ4v) is 2.20. The molecule has 1 aliphatic rings. The second-order valence-corrected chi connectivity index (χ2v) is 4.79. The standard InChI is InChI=1S/C14H13ClN2O2/c15-12-8-10(3-4-13(12)18)7-11(9-16)14(19)17-5-1-2-6-17/h3-4,7-8,18H,1-2,5-6H2/b11-7+. The molecule has 0 aromatic heterocycles. The lowest BCUT2D eigenvalue weighted by Gasteiger charge is -2.14. The van der Waals surface area contributed by atoms with Gasteiger partial charge in [-0.1, -0.05) is 17.7 Å². The van der Waals surface area contributed by atoms with Gasteiger partial charge in [-0.2, -0.15) is 5.26 Å². The first-order valence-electron chi connectivity index (χ1n) is 6.01. The molecule has 1 aliphatic heterocycles. The maximum Gasteiger partial charge on any atom is 0.264 e. The van der Waals surface area contributed by atoms with Crippen LogP contribution in [0.3, 0.4) is 0 Å². The number of hydrogen-bond donors (Lipinski definition) is 1. The van der Waals surface area contributed by atoms with Crippen LogP contribution in [0.4, 0.5) is 0 Å². The van der Waals surface area contributed by atoms with Crippen LogP contribution >= 0.6 is 11.6 Å². The van der Waals surface area contributed by atoms with E-state index in [4.69, 9.17) is 16.9 Å². The number of nitriles is 1. The van der Waals surface area contributed by atoms with Gasteiger partial charge in [0.2, 0.25) is 0 Å². The number of benzene rings is 1. The molecule has 0 saturated carbocycles. The molecule has 19 heavy (non-hydrogen) atoms. The predicted octanol–water partition coefficient (Wildman–Crippen LogP) is 2.57. The SMILES string of the molecule is N#C/C(=C\c1ccc(O)c(Cl)c1)C(=O)N1CCCC1. The van der Waals surface area contributed by atoms with E-state index in [0.29, 0.717) is 18.7 Å². The number of nitrogens with zero attached hydrogens (tertiary/aromatic N) is 2. The van der Waals surface area contributed by atoms with Gasteiger partial charge < -0.3 is 10.0 Å². The number of rotatable bonds is 2. The zero-order valence-electron chi connectivity index (χ0n) is 10.3. The Labute approximate surface area is 116 Å². The molecule has 1 N–H and O–H groups in total. The highest BCUT2D eigenvalue weighted by Crippen LogP contribution is 2.25. The Balaban J connectivity index is 2.25. The number of carbonyl (C=O) groups is 1. The van der Waals surface area contributed by atoms with E-state index in [1.165, 1.54) is 18.2 Å². The Hall–Kier alpha value is -1.99. The molecule has 1 saturated heterocycles. The van der Waals surface area contributed by atoms with E-state index in [1.54, 1.807) is 11.0 Å². The number of hydrogen-bond acceptors (Lipinski definition) is 3. The van der Waals surface area contributed by atoms with Crippen LogP contribution in [0.2, 0.25) is 5.02 Å². The Kier molecular flexibility index (Phi) is 4.08. The quantitative estimate of drug-likeness (QED) is 0.667. The van der Waals surface area contributed by atoms with Crippen molar-refractivity contribution < 1.29 is 9.90 Å². The van der Waals surface area contributed by atoms with Crippen molar-refractivity contribution in [2.24, 2.45) is 0 Å². The first-order chi connectivity index (χ1) is 9.11. The summed E-state index contributed by atoms with van der Waals surface area (Å²) in [6, 6.07) is 6.49. The first-order valence-corrected chi connectivity index (χ1v) is 6.39. The molecule has 0 unspecified atom stereocenters. The lowest BCUT2D eigenvalue weighted by Crippen LogP contribution is -2.28. The molecular weight excluding hydrogens is 264 g/mol. The van der Waals surface area contributed by atoms with Crippen LogP contribution < -0.4 is 0 Å². The summed E-state index contributed by atoms with van der Waals surface area (Å²) in [4.78, 5) is 13.8. The smallest absolute Gasteiger partial charge is 0.264 e. The number of carbonyl (C=O) groups excluding carboxylic acids is 1. The Bertz CT molecular complexity index is 569. The highest BCUT2D eigenvalue weighted by Gasteiger charge is 2.21. The number of phenolic OH excluding ortho intramolecular Hbond substituents is 1. The van der Waals surface area contributed by atoms with Crippen molar-refractivity contribution in [3.8, 4) is 11.8 Å². The molecule has 0 atom stereocenters. The summed E-state index contributed by atoms with van der Waals surface area (Å²) in [6.45, 7) is 1.41. The second-order valence-electron chi connectivity index (χ2n) is 4.38. The third-order valence-corrected chi connectivity index (χ3v) is 3.33. The summed E-state index contributed by atoms with van der Waals surface area (Å²) in [5.74, 6) is -0.271.